The van der Waals surface area contributed by atoms with Gasteiger partial charge in [0.2, 0.25) is 10.0 Å². The van der Waals surface area contributed by atoms with Crippen molar-refractivity contribution in [2.45, 2.75) is 39.7 Å². The number of rotatable bonds is 7. The molecule has 0 unspecified atom stereocenters. The first-order chi connectivity index (χ1) is 16.9. The number of H-pyrrole nitrogens is 1. The van der Waals surface area contributed by atoms with Crippen molar-refractivity contribution in [1.82, 2.24) is 14.9 Å². The summed E-state index contributed by atoms with van der Waals surface area (Å²) in [5.41, 5.74) is 2.95. The number of aromatic nitrogens is 2. The van der Waals surface area contributed by atoms with Crippen LogP contribution in [0.15, 0.2) is 42.6 Å². The van der Waals surface area contributed by atoms with Gasteiger partial charge in [-0.05, 0) is 54.7 Å². The molecular formula is C26H36N6O3S. The third-order valence-electron chi connectivity index (χ3n) is 6.38. The number of nitrogens with one attached hydrogen (secondary N) is 3. The number of pyridine rings is 1. The van der Waals surface area contributed by atoms with Gasteiger partial charge < -0.3 is 20.1 Å². The molecule has 0 spiro atoms. The Labute approximate surface area is 213 Å². The SMILES string of the molecule is CN(c1ncccc1NCC(C)(C)C)C1CCN(C(=O)c2cc3cc(NS(C)(=O)=O)ccc3[nH]2)CC1. The van der Waals surface area contributed by atoms with E-state index in [1.807, 2.05) is 17.2 Å². The summed E-state index contributed by atoms with van der Waals surface area (Å²) in [6.45, 7) is 8.76. The van der Waals surface area contributed by atoms with E-state index in [1.165, 1.54) is 0 Å². The van der Waals surface area contributed by atoms with Gasteiger partial charge in [0.1, 0.15) is 5.69 Å². The number of hydrogen-bond donors (Lipinski definition) is 3. The number of fused-ring (bicyclic) bond motifs is 1. The van der Waals surface area contributed by atoms with E-state index < -0.39 is 10.0 Å². The summed E-state index contributed by atoms with van der Waals surface area (Å²) in [6.07, 6.45) is 4.63. The quantitative estimate of drug-likeness (QED) is 0.439. The molecule has 1 aliphatic rings. The number of sulfonamides is 1. The fourth-order valence-corrected chi connectivity index (χ4v) is 5.06. The van der Waals surface area contributed by atoms with E-state index in [1.54, 1.807) is 24.3 Å². The minimum Gasteiger partial charge on any atom is -0.382 e. The number of amides is 1. The van der Waals surface area contributed by atoms with Gasteiger partial charge in [0.05, 0.1) is 11.9 Å². The predicted molar refractivity (Wildman–Crippen MR) is 146 cm³/mol. The molecule has 3 heterocycles. The van der Waals surface area contributed by atoms with E-state index in [0.29, 0.717) is 24.5 Å². The van der Waals surface area contributed by atoms with Crippen molar-refractivity contribution in [3.8, 4) is 0 Å². The molecule has 1 fully saturated rings. The number of hydrogen-bond acceptors (Lipinski definition) is 6. The first-order valence-corrected chi connectivity index (χ1v) is 14.1. The zero-order chi connectivity index (χ0) is 26.1. The van der Waals surface area contributed by atoms with Crippen LogP contribution in [0.2, 0.25) is 0 Å². The number of carbonyl (C=O) groups is 1. The normalized spacial score (nSPS) is 15.2. The maximum atomic E-state index is 13.2. The molecule has 2 aromatic heterocycles. The van der Waals surface area contributed by atoms with Crippen LogP contribution in [0, 0.1) is 5.41 Å². The Hall–Kier alpha value is -3.27. The average molecular weight is 513 g/mol. The van der Waals surface area contributed by atoms with Crippen LogP contribution in [0.5, 0.6) is 0 Å². The van der Waals surface area contributed by atoms with Crippen LogP contribution in [0.4, 0.5) is 17.2 Å². The summed E-state index contributed by atoms with van der Waals surface area (Å²) < 4.78 is 25.5. The molecule has 4 rings (SSSR count). The monoisotopic (exact) mass is 512 g/mol. The summed E-state index contributed by atoms with van der Waals surface area (Å²) in [5.74, 6) is 0.885. The molecule has 1 saturated heterocycles. The number of anilines is 3. The minimum absolute atomic E-state index is 0.0460. The summed E-state index contributed by atoms with van der Waals surface area (Å²) in [5, 5.41) is 4.32. The second kappa shape index (κ2) is 10.0. The van der Waals surface area contributed by atoms with Crippen LogP contribution in [0.1, 0.15) is 44.1 Å². The van der Waals surface area contributed by atoms with E-state index in [9.17, 15) is 13.2 Å². The Kier molecular flexibility index (Phi) is 7.17. The van der Waals surface area contributed by atoms with E-state index in [4.69, 9.17) is 0 Å². The maximum Gasteiger partial charge on any atom is 0.270 e. The molecule has 0 aliphatic carbocycles. The lowest BCUT2D eigenvalue weighted by molar-refractivity contribution is 0.0708. The topological polar surface area (TPSA) is 110 Å². The second-order valence-electron chi connectivity index (χ2n) is 10.8. The van der Waals surface area contributed by atoms with Gasteiger partial charge >= 0.3 is 0 Å². The Morgan fingerprint density at radius 2 is 1.92 bits per heavy atom. The van der Waals surface area contributed by atoms with Gasteiger partial charge in [0.15, 0.2) is 5.82 Å². The fraction of sp³-hybridized carbons (Fsp3) is 0.462. The van der Waals surface area contributed by atoms with Crippen LogP contribution < -0.4 is 14.9 Å². The molecule has 194 valence electrons. The van der Waals surface area contributed by atoms with Crippen molar-refractivity contribution >= 4 is 44.0 Å². The smallest absolute Gasteiger partial charge is 0.270 e. The lowest BCUT2D eigenvalue weighted by atomic mass is 9.97. The first-order valence-electron chi connectivity index (χ1n) is 12.2. The standard InChI is InChI=1S/C26H36N6O3S/c1-26(2,3)17-28-22-7-6-12-27-24(22)31(4)20-10-13-32(14-11-20)25(33)23-16-18-15-19(30-36(5,34)35)8-9-21(18)29-23/h6-9,12,15-16,20,28-30H,10-11,13-14,17H2,1-5H3. The van der Waals surface area contributed by atoms with Gasteiger partial charge in [-0.2, -0.15) is 0 Å². The Morgan fingerprint density at radius 1 is 1.19 bits per heavy atom. The van der Waals surface area contributed by atoms with Crippen molar-refractivity contribution in [1.29, 1.82) is 0 Å². The molecule has 0 bridgehead atoms. The molecule has 0 radical (unpaired) electrons. The molecule has 36 heavy (non-hydrogen) atoms. The Morgan fingerprint density at radius 3 is 2.58 bits per heavy atom. The van der Waals surface area contributed by atoms with Crippen LogP contribution in [-0.2, 0) is 10.0 Å². The van der Waals surface area contributed by atoms with Crippen molar-refractivity contribution in [2.75, 3.05) is 47.9 Å². The van der Waals surface area contributed by atoms with E-state index >= 15 is 0 Å². The molecule has 9 nitrogen and oxygen atoms in total. The van der Waals surface area contributed by atoms with Gasteiger partial charge in [0, 0.05) is 55.5 Å². The number of aromatic amines is 1. The number of benzene rings is 1. The van der Waals surface area contributed by atoms with Crippen LogP contribution in [-0.4, -0.2) is 68.2 Å². The summed E-state index contributed by atoms with van der Waals surface area (Å²) in [7, 11) is -1.29. The lowest BCUT2D eigenvalue weighted by Crippen LogP contribution is -2.46. The summed E-state index contributed by atoms with van der Waals surface area (Å²) in [6, 6.07) is 11.3. The number of likely N-dealkylation sites (tertiary alicyclic amines) is 1. The molecular weight excluding hydrogens is 476 g/mol. The van der Waals surface area contributed by atoms with Crippen molar-refractivity contribution in [3.05, 3.63) is 48.3 Å². The fourth-order valence-electron chi connectivity index (χ4n) is 4.50. The highest BCUT2D eigenvalue weighted by molar-refractivity contribution is 7.92. The third-order valence-corrected chi connectivity index (χ3v) is 6.99. The van der Waals surface area contributed by atoms with Crippen molar-refractivity contribution < 1.29 is 13.2 Å². The molecule has 0 saturated carbocycles. The van der Waals surface area contributed by atoms with E-state index in [0.717, 1.165) is 48.1 Å². The van der Waals surface area contributed by atoms with Crippen LogP contribution in [0.25, 0.3) is 10.9 Å². The maximum absolute atomic E-state index is 13.2. The summed E-state index contributed by atoms with van der Waals surface area (Å²) >= 11 is 0. The van der Waals surface area contributed by atoms with Crippen LogP contribution >= 0.6 is 0 Å². The minimum atomic E-state index is -3.37. The van der Waals surface area contributed by atoms with E-state index in [2.05, 4.69) is 58.8 Å². The number of piperidine rings is 1. The van der Waals surface area contributed by atoms with E-state index in [-0.39, 0.29) is 17.4 Å². The van der Waals surface area contributed by atoms with Gasteiger partial charge in [-0.3, -0.25) is 9.52 Å². The predicted octanol–water partition coefficient (Wildman–Crippen LogP) is 4.13. The zero-order valence-corrected chi connectivity index (χ0v) is 22.4. The van der Waals surface area contributed by atoms with Crippen molar-refractivity contribution in [2.24, 2.45) is 5.41 Å². The zero-order valence-electron chi connectivity index (χ0n) is 21.6. The van der Waals surface area contributed by atoms with Gasteiger partial charge in [-0.25, -0.2) is 13.4 Å². The van der Waals surface area contributed by atoms with Gasteiger partial charge in [-0.15, -0.1) is 0 Å². The van der Waals surface area contributed by atoms with Gasteiger partial charge in [0.25, 0.3) is 5.91 Å². The van der Waals surface area contributed by atoms with Crippen molar-refractivity contribution in [3.63, 3.8) is 0 Å². The average Bonchev–Trinajstić information content (AvgIpc) is 3.24. The Bertz CT molecular complexity index is 1340. The first kappa shape index (κ1) is 25.8. The molecule has 1 aromatic carbocycles. The molecule has 10 heteroatoms. The second-order valence-corrected chi connectivity index (χ2v) is 12.5. The highest BCUT2D eigenvalue weighted by Crippen LogP contribution is 2.29. The Balaban J connectivity index is 1.40. The highest BCUT2D eigenvalue weighted by Gasteiger charge is 2.28. The number of carbonyl (C=O) groups excluding carboxylic acids is 1. The largest absolute Gasteiger partial charge is 0.382 e. The molecule has 3 N–H and O–H groups in total. The highest BCUT2D eigenvalue weighted by atomic mass is 32.2. The number of nitrogens with zero attached hydrogens (tertiary/aromatic N) is 3. The van der Waals surface area contributed by atoms with Gasteiger partial charge in [-0.1, -0.05) is 20.8 Å². The third kappa shape index (κ3) is 6.29. The lowest BCUT2D eigenvalue weighted by Gasteiger charge is -2.38. The molecule has 0 atom stereocenters. The molecule has 1 amide bonds. The summed E-state index contributed by atoms with van der Waals surface area (Å²) in [4.78, 5) is 25.1. The van der Waals surface area contributed by atoms with Crippen LogP contribution in [0.3, 0.4) is 0 Å². The molecule has 3 aromatic rings. The molecule has 1 aliphatic heterocycles.